The van der Waals surface area contributed by atoms with Crippen LogP contribution in [0.5, 0.6) is 0 Å². The zero-order chi connectivity index (χ0) is 17.8. The lowest BCUT2D eigenvalue weighted by molar-refractivity contribution is -0.917. The predicted octanol–water partition coefficient (Wildman–Crippen LogP) is 2.49. The summed E-state index contributed by atoms with van der Waals surface area (Å²) in [6.07, 6.45) is 1.55. The van der Waals surface area contributed by atoms with E-state index < -0.39 is 0 Å². The molecule has 4 nitrogen and oxygen atoms in total. The minimum Gasteiger partial charge on any atom is -0.459 e. The van der Waals surface area contributed by atoms with Crippen LogP contribution in [0, 0.1) is 0 Å². The standard InChI is InChI=1S/C22H22N2O2/c25-22(21-7-4-16-26-21)24-14-12-23(13-15-24)17-18-8-10-20(11-9-18)19-5-2-1-3-6-19/h1-11,16H,12-15,17H2/p+1. The van der Waals surface area contributed by atoms with Crippen molar-refractivity contribution in [2.24, 2.45) is 0 Å². The minimum atomic E-state index is 0.00117. The van der Waals surface area contributed by atoms with Gasteiger partial charge < -0.3 is 14.2 Å². The number of nitrogens with zero attached hydrogens (tertiary/aromatic N) is 1. The van der Waals surface area contributed by atoms with E-state index >= 15 is 0 Å². The maximum atomic E-state index is 12.3. The summed E-state index contributed by atoms with van der Waals surface area (Å²) in [7, 11) is 0. The van der Waals surface area contributed by atoms with Crippen LogP contribution < -0.4 is 4.90 Å². The molecule has 4 heteroatoms. The van der Waals surface area contributed by atoms with Crippen molar-refractivity contribution in [1.82, 2.24) is 4.90 Å². The molecule has 2 aromatic carbocycles. The summed E-state index contributed by atoms with van der Waals surface area (Å²) in [5.41, 5.74) is 3.83. The molecule has 1 saturated heterocycles. The highest BCUT2D eigenvalue weighted by molar-refractivity contribution is 5.91. The molecule has 1 amide bonds. The quantitative estimate of drug-likeness (QED) is 0.787. The predicted molar refractivity (Wildman–Crippen MR) is 101 cm³/mol. The van der Waals surface area contributed by atoms with Gasteiger partial charge in [0.1, 0.15) is 6.54 Å². The number of carbonyl (C=O) groups is 1. The average molecular weight is 347 g/mol. The monoisotopic (exact) mass is 347 g/mol. The molecule has 1 aromatic heterocycles. The molecule has 1 aliphatic heterocycles. The molecule has 1 N–H and O–H groups in total. The fraction of sp³-hybridized carbons (Fsp3) is 0.227. The first kappa shape index (κ1) is 16.6. The Bertz CT molecular complexity index is 834. The van der Waals surface area contributed by atoms with E-state index in [1.165, 1.54) is 21.6 Å². The Kier molecular flexibility index (Phi) is 4.84. The third-order valence-electron chi connectivity index (χ3n) is 5.00. The summed E-state index contributed by atoms with van der Waals surface area (Å²) in [6, 6.07) is 22.8. The van der Waals surface area contributed by atoms with Crippen molar-refractivity contribution in [3.8, 4) is 11.1 Å². The number of quaternary nitrogens is 1. The van der Waals surface area contributed by atoms with Gasteiger partial charge >= 0.3 is 0 Å². The topological polar surface area (TPSA) is 37.9 Å². The van der Waals surface area contributed by atoms with Crippen LogP contribution in [-0.4, -0.2) is 37.0 Å². The van der Waals surface area contributed by atoms with Crippen LogP contribution >= 0.6 is 0 Å². The third-order valence-corrected chi connectivity index (χ3v) is 5.00. The molecule has 0 radical (unpaired) electrons. The van der Waals surface area contributed by atoms with E-state index in [-0.39, 0.29) is 5.91 Å². The number of piperazine rings is 1. The molecule has 4 rings (SSSR count). The zero-order valence-electron chi connectivity index (χ0n) is 14.7. The highest BCUT2D eigenvalue weighted by Crippen LogP contribution is 2.19. The number of nitrogens with one attached hydrogen (secondary N) is 1. The molecule has 26 heavy (non-hydrogen) atoms. The summed E-state index contributed by atoms with van der Waals surface area (Å²) in [5, 5.41) is 0. The van der Waals surface area contributed by atoms with Crippen LogP contribution in [0.2, 0.25) is 0 Å². The Morgan fingerprint density at radius 1 is 0.885 bits per heavy atom. The zero-order valence-corrected chi connectivity index (χ0v) is 14.7. The van der Waals surface area contributed by atoms with Gasteiger partial charge in [-0.05, 0) is 23.3 Å². The van der Waals surface area contributed by atoms with Crippen molar-refractivity contribution >= 4 is 5.91 Å². The van der Waals surface area contributed by atoms with Crippen LogP contribution in [0.4, 0.5) is 0 Å². The average Bonchev–Trinajstić information content (AvgIpc) is 3.24. The highest BCUT2D eigenvalue weighted by atomic mass is 16.3. The summed E-state index contributed by atoms with van der Waals surface area (Å²) in [6.45, 7) is 4.48. The van der Waals surface area contributed by atoms with Gasteiger partial charge in [-0.1, -0.05) is 54.6 Å². The van der Waals surface area contributed by atoms with Crippen molar-refractivity contribution in [3.05, 3.63) is 84.3 Å². The van der Waals surface area contributed by atoms with Crippen molar-refractivity contribution < 1.29 is 14.1 Å². The number of hydrogen-bond donors (Lipinski definition) is 1. The molecule has 2 heterocycles. The van der Waals surface area contributed by atoms with Crippen LogP contribution in [0.1, 0.15) is 16.1 Å². The van der Waals surface area contributed by atoms with Crippen molar-refractivity contribution in [3.63, 3.8) is 0 Å². The summed E-state index contributed by atoms with van der Waals surface area (Å²) in [5.74, 6) is 0.436. The number of amides is 1. The van der Waals surface area contributed by atoms with Gasteiger partial charge in [-0.15, -0.1) is 0 Å². The van der Waals surface area contributed by atoms with E-state index in [4.69, 9.17) is 4.42 Å². The van der Waals surface area contributed by atoms with Gasteiger partial charge in [0.2, 0.25) is 0 Å². The van der Waals surface area contributed by atoms with E-state index in [1.54, 1.807) is 18.4 Å². The first-order valence-corrected chi connectivity index (χ1v) is 9.10. The summed E-state index contributed by atoms with van der Waals surface area (Å²) in [4.78, 5) is 15.7. The molecule has 1 aliphatic rings. The second-order valence-electron chi connectivity index (χ2n) is 6.76. The Morgan fingerprint density at radius 3 is 2.23 bits per heavy atom. The van der Waals surface area contributed by atoms with Gasteiger partial charge in [-0.25, -0.2) is 0 Å². The molecule has 0 unspecified atom stereocenters. The number of rotatable bonds is 4. The first-order valence-electron chi connectivity index (χ1n) is 9.10. The Morgan fingerprint density at radius 2 is 1.58 bits per heavy atom. The fourth-order valence-electron chi connectivity index (χ4n) is 3.49. The molecule has 0 bridgehead atoms. The maximum absolute atomic E-state index is 12.3. The first-order chi connectivity index (χ1) is 12.8. The summed E-state index contributed by atoms with van der Waals surface area (Å²) >= 11 is 0. The number of carbonyl (C=O) groups excluding carboxylic acids is 1. The molecule has 0 spiro atoms. The van der Waals surface area contributed by atoms with Gasteiger partial charge in [0, 0.05) is 5.56 Å². The van der Waals surface area contributed by atoms with Crippen LogP contribution in [0.3, 0.4) is 0 Å². The molecule has 0 atom stereocenters. The van der Waals surface area contributed by atoms with E-state index in [1.807, 2.05) is 11.0 Å². The van der Waals surface area contributed by atoms with Gasteiger partial charge in [0.05, 0.1) is 32.4 Å². The van der Waals surface area contributed by atoms with Gasteiger partial charge in [0.25, 0.3) is 5.91 Å². The Balaban J connectivity index is 1.32. The van der Waals surface area contributed by atoms with E-state index in [0.717, 1.165) is 32.7 Å². The highest BCUT2D eigenvalue weighted by Gasteiger charge is 2.25. The number of furan rings is 1. The van der Waals surface area contributed by atoms with Crippen molar-refractivity contribution in [2.45, 2.75) is 6.54 Å². The van der Waals surface area contributed by atoms with E-state index in [2.05, 4.69) is 48.5 Å². The third kappa shape index (κ3) is 3.70. The molecular weight excluding hydrogens is 324 g/mol. The van der Waals surface area contributed by atoms with Crippen molar-refractivity contribution in [1.29, 1.82) is 0 Å². The Labute approximate surface area is 153 Å². The number of benzene rings is 2. The van der Waals surface area contributed by atoms with Crippen LogP contribution in [0.15, 0.2) is 77.4 Å². The second kappa shape index (κ2) is 7.58. The van der Waals surface area contributed by atoms with Crippen molar-refractivity contribution in [2.75, 3.05) is 26.2 Å². The Hall–Kier alpha value is -2.85. The summed E-state index contributed by atoms with van der Waals surface area (Å²) < 4.78 is 5.22. The number of hydrogen-bond acceptors (Lipinski definition) is 2. The fourth-order valence-corrected chi connectivity index (χ4v) is 3.49. The molecule has 0 aliphatic carbocycles. The van der Waals surface area contributed by atoms with Gasteiger partial charge in [0.15, 0.2) is 5.76 Å². The normalized spacial score (nSPS) is 15.2. The smallest absolute Gasteiger partial charge is 0.289 e. The van der Waals surface area contributed by atoms with Crippen LogP contribution in [-0.2, 0) is 6.54 Å². The molecule has 1 fully saturated rings. The van der Waals surface area contributed by atoms with Crippen LogP contribution in [0.25, 0.3) is 11.1 Å². The molecule has 0 saturated carbocycles. The molecular formula is C22H23N2O2+. The van der Waals surface area contributed by atoms with Gasteiger partial charge in [-0.3, -0.25) is 4.79 Å². The van der Waals surface area contributed by atoms with E-state index in [0.29, 0.717) is 5.76 Å². The maximum Gasteiger partial charge on any atom is 0.289 e. The molecule has 132 valence electrons. The second-order valence-corrected chi connectivity index (χ2v) is 6.76. The minimum absolute atomic E-state index is 0.00117. The SMILES string of the molecule is O=C(c1ccco1)N1CC[NH+](Cc2ccc(-c3ccccc3)cc2)CC1. The van der Waals surface area contributed by atoms with E-state index in [9.17, 15) is 4.79 Å². The lowest BCUT2D eigenvalue weighted by Gasteiger charge is -2.31. The lowest BCUT2D eigenvalue weighted by atomic mass is 10.0. The lowest BCUT2D eigenvalue weighted by Crippen LogP contribution is -3.13. The van der Waals surface area contributed by atoms with Gasteiger partial charge in [-0.2, -0.15) is 0 Å². The largest absolute Gasteiger partial charge is 0.459 e. The molecule has 3 aromatic rings.